The molecule has 0 saturated heterocycles. The molecule has 2 rings (SSSR count). The van der Waals surface area contributed by atoms with Crippen LogP contribution in [0.25, 0.3) is 0 Å². The lowest BCUT2D eigenvalue weighted by Gasteiger charge is -2.32. The molecule has 2 unspecified atom stereocenters. The lowest BCUT2D eigenvalue weighted by Crippen LogP contribution is -2.44. The van der Waals surface area contributed by atoms with Crippen LogP contribution in [0.1, 0.15) is 92.2 Å². The number of aliphatic hydroxyl groups is 1. The van der Waals surface area contributed by atoms with E-state index in [2.05, 4.69) is 5.16 Å². The van der Waals surface area contributed by atoms with Crippen molar-refractivity contribution in [2.75, 3.05) is 13.7 Å². The molecule has 1 aliphatic heterocycles. The third kappa shape index (κ3) is 10.6. The van der Waals surface area contributed by atoms with Gasteiger partial charge < -0.3 is 24.3 Å². The highest BCUT2D eigenvalue weighted by Gasteiger charge is 2.38. The van der Waals surface area contributed by atoms with Gasteiger partial charge in [0, 0.05) is 18.2 Å². The average molecular weight is 577 g/mol. The molecule has 10 heteroatoms. The number of carbonyl (C=O) groups excluding carboxylic acids is 3. The van der Waals surface area contributed by atoms with Crippen molar-refractivity contribution in [1.29, 1.82) is 0 Å². The highest BCUT2D eigenvalue weighted by molar-refractivity contribution is 6.27. The van der Waals surface area contributed by atoms with Crippen LogP contribution in [0.4, 0.5) is 4.39 Å². The maximum atomic E-state index is 14.0. The first-order chi connectivity index (χ1) is 19.1. The Labute approximate surface area is 242 Å². The zero-order valence-electron chi connectivity index (χ0n) is 25.5. The number of hydrogen-bond donors (Lipinski definition) is 1. The standard InChI is InChI=1S/C31H45FN2O7/c1-19(2)41-33-21(4)25-17-34(18-26(35)24-16-22(32)13-15-27(24)39-8)30(38)23(29(25)37)14-12-20(3)10-9-11-28(36)40-31(5,6)7/h13,15-17,19-20,23,26,35H,9-12,14,18H2,1-8H3/b33-21+/t20-,23?,26?/m1/s1. The summed E-state index contributed by atoms with van der Waals surface area (Å²) in [6, 6.07) is 3.79. The van der Waals surface area contributed by atoms with Crippen LogP contribution in [0.3, 0.4) is 0 Å². The first-order valence-corrected chi connectivity index (χ1v) is 14.1. The molecular weight excluding hydrogens is 531 g/mol. The van der Waals surface area contributed by atoms with Crippen LogP contribution in [0.2, 0.25) is 0 Å². The molecule has 0 bridgehead atoms. The van der Waals surface area contributed by atoms with Gasteiger partial charge in [-0.05, 0) is 84.9 Å². The van der Waals surface area contributed by atoms with Crippen molar-refractivity contribution in [2.45, 2.75) is 98.4 Å². The van der Waals surface area contributed by atoms with E-state index in [0.717, 1.165) is 12.5 Å². The van der Waals surface area contributed by atoms with Crippen LogP contribution in [-0.2, 0) is 24.0 Å². The smallest absolute Gasteiger partial charge is 0.306 e. The summed E-state index contributed by atoms with van der Waals surface area (Å²) >= 11 is 0. The molecule has 0 saturated carbocycles. The summed E-state index contributed by atoms with van der Waals surface area (Å²) in [4.78, 5) is 45.6. The summed E-state index contributed by atoms with van der Waals surface area (Å²) in [6.45, 7) is 12.5. The monoisotopic (exact) mass is 576 g/mol. The molecule has 0 aliphatic carbocycles. The van der Waals surface area contributed by atoms with Crippen LogP contribution in [-0.4, -0.2) is 58.7 Å². The van der Waals surface area contributed by atoms with Crippen LogP contribution < -0.4 is 4.74 Å². The topological polar surface area (TPSA) is 115 Å². The summed E-state index contributed by atoms with van der Waals surface area (Å²) in [5.41, 5.74) is 0.188. The van der Waals surface area contributed by atoms with E-state index in [4.69, 9.17) is 14.3 Å². The quantitative estimate of drug-likeness (QED) is 0.134. The second-order valence-corrected chi connectivity index (χ2v) is 11.8. The number of allylic oxidation sites excluding steroid dienone is 1. The maximum Gasteiger partial charge on any atom is 0.306 e. The Morgan fingerprint density at radius 2 is 1.85 bits per heavy atom. The number of amides is 1. The number of ketones is 1. The number of nitrogens with zero attached hydrogens (tertiary/aromatic N) is 2. The fourth-order valence-corrected chi connectivity index (χ4v) is 4.52. The molecule has 0 radical (unpaired) electrons. The van der Waals surface area contributed by atoms with E-state index in [-0.39, 0.29) is 53.6 Å². The van der Waals surface area contributed by atoms with Gasteiger partial charge >= 0.3 is 5.97 Å². The van der Waals surface area contributed by atoms with Crippen molar-refractivity contribution in [3.05, 3.63) is 41.4 Å². The SMILES string of the molecule is COc1ccc(F)cc1C(O)CN1C=C(/C(C)=N/OC(C)C)C(=O)C(CC[C@H](C)CCCC(=O)OC(C)(C)C)C1=O. The van der Waals surface area contributed by atoms with Gasteiger partial charge in [-0.15, -0.1) is 0 Å². The van der Waals surface area contributed by atoms with E-state index < -0.39 is 29.3 Å². The lowest BCUT2D eigenvalue weighted by atomic mass is 9.84. The number of esters is 1. The minimum atomic E-state index is -1.27. The van der Waals surface area contributed by atoms with Gasteiger partial charge in [0.15, 0.2) is 5.78 Å². The predicted octanol–water partition coefficient (Wildman–Crippen LogP) is 5.51. The molecule has 0 spiro atoms. The van der Waals surface area contributed by atoms with Gasteiger partial charge in [0.2, 0.25) is 5.91 Å². The zero-order chi connectivity index (χ0) is 30.9. The van der Waals surface area contributed by atoms with Gasteiger partial charge in [0.05, 0.1) is 24.9 Å². The van der Waals surface area contributed by atoms with Crippen molar-refractivity contribution in [2.24, 2.45) is 17.0 Å². The van der Waals surface area contributed by atoms with Gasteiger partial charge in [-0.25, -0.2) is 4.39 Å². The number of β-amino-alcohol motifs (C(OH)–C–C–N with tert-alkyl or cyclic N) is 1. The molecule has 1 heterocycles. The zero-order valence-corrected chi connectivity index (χ0v) is 25.5. The predicted molar refractivity (Wildman–Crippen MR) is 154 cm³/mol. The van der Waals surface area contributed by atoms with Crippen LogP contribution in [0.5, 0.6) is 5.75 Å². The van der Waals surface area contributed by atoms with Crippen molar-refractivity contribution in [1.82, 2.24) is 4.90 Å². The van der Waals surface area contributed by atoms with Gasteiger partial charge in [-0.1, -0.05) is 18.5 Å². The Bertz CT molecular complexity index is 1140. The van der Waals surface area contributed by atoms with Crippen molar-refractivity contribution < 1.29 is 38.2 Å². The second-order valence-electron chi connectivity index (χ2n) is 11.8. The highest BCUT2D eigenvalue weighted by atomic mass is 19.1. The third-order valence-corrected chi connectivity index (χ3v) is 6.60. The summed E-state index contributed by atoms with van der Waals surface area (Å²) in [7, 11) is 1.41. The molecular formula is C31H45FN2O7. The van der Waals surface area contributed by atoms with Gasteiger partial charge in [0.1, 0.15) is 35.3 Å². The van der Waals surface area contributed by atoms with E-state index in [1.807, 2.05) is 27.7 Å². The molecule has 0 fully saturated rings. The first kappa shape index (κ1) is 33.9. The summed E-state index contributed by atoms with van der Waals surface area (Å²) in [5.74, 6) is -2.16. The van der Waals surface area contributed by atoms with E-state index >= 15 is 0 Å². The molecule has 0 aromatic heterocycles. The van der Waals surface area contributed by atoms with Gasteiger partial charge in [0.25, 0.3) is 0 Å². The Hall–Kier alpha value is -3.27. The molecule has 41 heavy (non-hydrogen) atoms. The van der Waals surface area contributed by atoms with Crippen LogP contribution in [0, 0.1) is 17.7 Å². The second kappa shape index (κ2) is 15.1. The Morgan fingerprint density at radius 3 is 2.46 bits per heavy atom. The van der Waals surface area contributed by atoms with E-state index in [1.54, 1.807) is 20.8 Å². The van der Waals surface area contributed by atoms with Gasteiger partial charge in [-0.3, -0.25) is 14.4 Å². The molecule has 1 amide bonds. The summed E-state index contributed by atoms with van der Waals surface area (Å²) < 4.78 is 24.6. The summed E-state index contributed by atoms with van der Waals surface area (Å²) in [6.07, 6.45) is 2.45. The number of carbonyl (C=O) groups is 3. The van der Waals surface area contributed by atoms with Crippen molar-refractivity contribution in [3.8, 4) is 5.75 Å². The van der Waals surface area contributed by atoms with E-state index in [9.17, 15) is 23.9 Å². The number of halogens is 1. The largest absolute Gasteiger partial charge is 0.496 e. The lowest BCUT2D eigenvalue weighted by molar-refractivity contribution is -0.155. The Balaban J connectivity index is 2.19. The fourth-order valence-electron chi connectivity index (χ4n) is 4.52. The molecule has 1 aromatic rings. The Morgan fingerprint density at radius 1 is 1.17 bits per heavy atom. The number of Topliss-reactive ketones (excluding diaryl/α,β-unsaturated/α-hetero) is 1. The van der Waals surface area contributed by atoms with Gasteiger partial charge in [-0.2, -0.15) is 0 Å². The molecule has 3 atom stereocenters. The van der Waals surface area contributed by atoms with Crippen molar-refractivity contribution in [3.63, 3.8) is 0 Å². The number of aliphatic hydroxyl groups excluding tert-OH is 1. The maximum absolute atomic E-state index is 14.0. The number of hydrogen-bond acceptors (Lipinski definition) is 8. The fraction of sp³-hybridized carbons (Fsp3) is 0.613. The number of benzene rings is 1. The number of oxime groups is 1. The van der Waals surface area contributed by atoms with E-state index in [1.165, 1.54) is 30.3 Å². The highest BCUT2D eigenvalue weighted by Crippen LogP contribution is 2.31. The van der Waals surface area contributed by atoms with E-state index in [0.29, 0.717) is 25.0 Å². The average Bonchev–Trinajstić information content (AvgIpc) is 2.87. The summed E-state index contributed by atoms with van der Waals surface area (Å²) in [5, 5.41) is 15.0. The Kier molecular flexibility index (Phi) is 12.5. The third-order valence-electron chi connectivity index (χ3n) is 6.60. The number of ether oxygens (including phenoxy) is 2. The molecule has 1 aromatic carbocycles. The normalized spacial score (nSPS) is 17.8. The minimum Gasteiger partial charge on any atom is -0.496 e. The minimum absolute atomic E-state index is 0.155. The van der Waals surface area contributed by atoms with Crippen LogP contribution in [0.15, 0.2) is 35.1 Å². The number of methoxy groups -OCH3 is 1. The first-order valence-electron chi connectivity index (χ1n) is 14.1. The van der Waals surface area contributed by atoms with Crippen LogP contribution >= 0.6 is 0 Å². The molecule has 9 nitrogen and oxygen atoms in total. The van der Waals surface area contributed by atoms with Crippen molar-refractivity contribution >= 4 is 23.4 Å². The molecule has 1 N–H and O–H groups in total. The molecule has 1 aliphatic rings. The number of rotatable bonds is 14. The molecule has 228 valence electrons.